The second-order valence-electron chi connectivity index (χ2n) is 5.88. The Morgan fingerprint density at radius 1 is 1.03 bits per heavy atom. The van der Waals surface area contributed by atoms with Crippen molar-refractivity contribution in [3.63, 3.8) is 0 Å². The predicted octanol–water partition coefficient (Wildman–Crippen LogP) is 4.51. The Morgan fingerprint density at radius 2 is 1.69 bits per heavy atom. The van der Waals surface area contributed by atoms with Gasteiger partial charge in [-0.1, -0.05) is 6.07 Å². The summed E-state index contributed by atoms with van der Waals surface area (Å²) in [6.07, 6.45) is -4.85. The smallest absolute Gasteiger partial charge is 0.434 e. The van der Waals surface area contributed by atoms with Gasteiger partial charge in [-0.05, 0) is 37.3 Å². The minimum atomic E-state index is -4.85. The fourth-order valence-electron chi connectivity index (χ4n) is 2.87. The molecule has 0 unspecified atom stereocenters. The maximum atomic E-state index is 13.5. The molecule has 6 nitrogen and oxygen atoms in total. The fraction of sp³-hybridized carbons (Fsp3) is 0.250. The normalized spacial score (nSPS) is 11.4. The molecule has 9 heteroatoms. The Morgan fingerprint density at radius 3 is 2.24 bits per heavy atom. The highest BCUT2D eigenvalue weighted by Crippen LogP contribution is 2.38. The second-order valence-corrected chi connectivity index (χ2v) is 5.88. The van der Waals surface area contributed by atoms with Crippen molar-refractivity contribution in [1.29, 1.82) is 0 Å². The maximum absolute atomic E-state index is 13.5. The number of hydrogen-bond acceptors (Lipinski definition) is 6. The van der Waals surface area contributed by atoms with Gasteiger partial charge in [0, 0.05) is 5.39 Å². The first-order valence-corrected chi connectivity index (χ1v) is 8.57. The molecule has 2 aromatic heterocycles. The van der Waals surface area contributed by atoms with Crippen LogP contribution in [0.15, 0.2) is 36.4 Å². The lowest BCUT2D eigenvalue weighted by Crippen LogP contribution is -2.17. The first-order valence-electron chi connectivity index (χ1n) is 8.57. The Hall–Kier alpha value is -3.36. The number of nitrogens with zero attached hydrogens (tertiary/aromatic N) is 2. The van der Waals surface area contributed by atoms with Gasteiger partial charge in [0.1, 0.15) is 11.5 Å². The molecule has 3 rings (SSSR count). The van der Waals surface area contributed by atoms with Crippen LogP contribution in [0.3, 0.4) is 0 Å². The second kappa shape index (κ2) is 7.94. The van der Waals surface area contributed by atoms with E-state index in [1.165, 1.54) is 27.2 Å². The maximum Gasteiger partial charge on any atom is 0.434 e. The molecule has 29 heavy (non-hydrogen) atoms. The van der Waals surface area contributed by atoms with E-state index in [1.807, 2.05) is 0 Å². The third-order valence-electron chi connectivity index (χ3n) is 4.13. The quantitative estimate of drug-likeness (QED) is 0.581. The number of hydrogen-bond donors (Lipinski definition) is 0. The zero-order chi connectivity index (χ0) is 21.2. The summed E-state index contributed by atoms with van der Waals surface area (Å²) in [6, 6.07) is 9.28. The zero-order valence-electron chi connectivity index (χ0n) is 15.8. The molecule has 0 radical (unpaired) electrons. The molecule has 0 bridgehead atoms. The number of carbonyl (C=O) groups excluding carboxylic acids is 1. The van der Waals surface area contributed by atoms with Crippen molar-refractivity contribution < 1.29 is 32.2 Å². The van der Waals surface area contributed by atoms with E-state index in [2.05, 4.69) is 9.97 Å². The summed E-state index contributed by atoms with van der Waals surface area (Å²) < 4.78 is 55.9. The highest BCUT2D eigenvalue weighted by Gasteiger charge is 2.38. The van der Waals surface area contributed by atoms with Crippen LogP contribution < -0.4 is 9.47 Å². The Balaban J connectivity index is 2.24. The van der Waals surface area contributed by atoms with Crippen LogP contribution in [0.4, 0.5) is 13.2 Å². The molecule has 0 saturated heterocycles. The highest BCUT2D eigenvalue weighted by atomic mass is 19.4. The average molecular weight is 406 g/mol. The molecular formula is C20H17F3N2O4. The van der Waals surface area contributed by atoms with Gasteiger partial charge in [-0.15, -0.1) is 0 Å². The summed E-state index contributed by atoms with van der Waals surface area (Å²) in [5.74, 6) is -0.213. The van der Waals surface area contributed by atoms with Crippen molar-refractivity contribution in [2.75, 3.05) is 20.8 Å². The van der Waals surface area contributed by atoms with Gasteiger partial charge in [-0.2, -0.15) is 13.2 Å². The Kier molecular flexibility index (Phi) is 5.58. The van der Waals surface area contributed by atoms with E-state index in [9.17, 15) is 18.0 Å². The minimum absolute atomic E-state index is 0.0566. The summed E-state index contributed by atoms with van der Waals surface area (Å²) in [5.41, 5.74) is -1.38. The Bertz CT molecular complexity index is 1050. The number of aromatic nitrogens is 2. The van der Waals surface area contributed by atoms with Gasteiger partial charge in [0.2, 0.25) is 0 Å². The summed E-state index contributed by atoms with van der Waals surface area (Å²) >= 11 is 0. The van der Waals surface area contributed by atoms with Crippen LogP contribution in [0.1, 0.15) is 23.0 Å². The molecule has 0 aliphatic carbocycles. The first-order chi connectivity index (χ1) is 13.8. The number of benzene rings is 1. The first kappa shape index (κ1) is 20.4. The van der Waals surface area contributed by atoms with Gasteiger partial charge in [-0.25, -0.2) is 14.8 Å². The lowest BCUT2D eigenvalue weighted by molar-refractivity contribution is -0.141. The van der Waals surface area contributed by atoms with E-state index in [1.54, 1.807) is 24.3 Å². The van der Waals surface area contributed by atoms with Crippen LogP contribution in [0, 0.1) is 0 Å². The molecule has 1 aromatic carbocycles. The van der Waals surface area contributed by atoms with E-state index in [0.717, 1.165) is 6.07 Å². The van der Waals surface area contributed by atoms with Crippen molar-refractivity contribution in [2.24, 2.45) is 0 Å². The summed E-state index contributed by atoms with van der Waals surface area (Å²) in [4.78, 5) is 19.9. The zero-order valence-corrected chi connectivity index (χ0v) is 15.8. The van der Waals surface area contributed by atoms with Crippen LogP contribution in [-0.2, 0) is 10.9 Å². The molecule has 0 aliphatic heterocycles. The molecular weight excluding hydrogens is 389 g/mol. The van der Waals surface area contributed by atoms with Crippen LogP contribution in [0.2, 0.25) is 0 Å². The molecule has 0 saturated carbocycles. The number of halogens is 3. The standard InChI is InChI=1S/C20H17F3N2O4/c1-4-29-19(26)12-10-11-8-9-13(24-18(11)25-17(12)20(21,22)23)16-14(27-2)6-5-7-15(16)28-3/h5-10H,4H2,1-3H3. The van der Waals surface area contributed by atoms with E-state index >= 15 is 0 Å². The Labute approximate surface area is 164 Å². The van der Waals surface area contributed by atoms with E-state index in [4.69, 9.17) is 14.2 Å². The molecule has 0 atom stereocenters. The summed E-state index contributed by atoms with van der Waals surface area (Å²) in [5, 5.41) is 0.263. The van der Waals surface area contributed by atoms with Crippen molar-refractivity contribution in [3.8, 4) is 22.8 Å². The van der Waals surface area contributed by atoms with Crippen LogP contribution in [-0.4, -0.2) is 36.8 Å². The molecule has 0 spiro atoms. The number of alkyl halides is 3. The fourth-order valence-corrected chi connectivity index (χ4v) is 2.87. The number of pyridine rings is 2. The van der Waals surface area contributed by atoms with Gasteiger partial charge in [0.05, 0.1) is 37.6 Å². The summed E-state index contributed by atoms with van der Waals surface area (Å²) in [6.45, 7) is 1.45. The van der Waals surface area contributed by atoms with Gasteiger partial charge in [0.15, 0.2) is 11.3 Å². The SMILES string of the molecule is CCOC(=O)c1cc2ccc(-c3c(OC)cccc3OC)nc2nc1C(F)(F)F. The van der Waals surface area contributed by atoms with E-state index < -0.39 is 23.4 Å². The number of carbonyl (C=O) groups is 1. The van der Waals surface area contributed by atoms with E-state index in [0.29, 0.717) is 22.8 Å². The highest BCUT2D eigenvalue weighted by molar-refractivity contribution is 5.95. The number of fused-ring (bicyclic) bond motifs is 1. The summed E-state index contributed by atoms with van der Waals surface area (Å²) in [7, 11) is 2.93. The molecule has 0 N–H and O–H groups in total. The average Bonchev–Trinajstić information content (AvgIpc) is 2.71. The lowest BCUT2D eigenvalue weighted by atomic mass is 10.1. The van der Waals surface area contributed by atoms with Crippen LogP contribution in [0.5, 0.6) is 11.5 Å². The van der Waals surface area contributed by atoms with Gasteiger partial charge in [-0.3, -0.25) is 0 Å². The van der Waals surface area contributed by atoms with Crippen molar-refractivity contribution in [3.05, 3.63) is 47.7 Å². The topological polar surface area (TPSA) is 70.5 Å². The lowest BCUT2D eigenvalue weighted by Gasteiger charge is -2.14. The third-order valence-corrected chi connectivity index (χ3v) is 4.13. The molecule has 0 aliphatic rings. The number of ether oxygens (including phenoxy) is 3. The largest absolute Gasteiger partial charge is 0.496 e. The third kappa shape index (κ3) is 3.94. The molecule has 0 amide bonds. The molecule has 152 valence electrons. The van der Waals surface area contributed by atoms with Crippen molar-refractivity contribution >= 4 is 17.0 Å². The van der Waals surface area contributed by atoms with Gasteiger partial charge >= 0.3 is 12.1 Å². The number of rotatable bonds is 5. The van der Waals surface area contributed by atoms with Crippen molar-refractivity contribution in [2.45, 2.75) is 13.1 Å². The van der Waals surface area contributed by atoms with Gasteiger partial charge in [0.25, 0.3) is 0 Å². The molecule has 2 heterocycles. The molecule has 3 aromatic rings. The predicted molar refractivity (Wildman–Crippen MR) is 99.0 cm³/mol. The van der Waals surface area contributed by atoms with Crippen LogP contribution in [0.25, 0.3) is 22.3 Å². The van der Waals surface area contributed by atoms with E-state index in [-0.39, 0.29) is 17.6 Å². The molecule has 0 fully saturated rings. The number of methoxy groups -OCH3 is 2. The van der Waals surface area contributed by atoms with Crippen molar-refractivity contribution in [1.82, 2.24) is 9.97 Å². The van der Waals surface area contributed by atoms with Crippen LogP contribution >= 0.6 is 0 Å². The number of esters is 1. The van der Waals surface area contributed by atoms with Gasteiger partial charge < -0.3 is 14.2 Å². The minimum Gasteiger partial charge on any atom is -0.496 e. The monoisotopic (exact) mass is 406 g/mol.